The zero-order chi connectivity index (χ0) is 19.0. The number of carbonyl (C=O) groups excluding carboxylic acids is 2. The lowest BCUT2D eigenvalue weighted by molar-refractivity contribution is -0.133. The molecule has 1 aromatic heterocycles. The van der Waals surface area contributed by atoms with Crippen LogP contribution in [0.3, 0.4) is 0 Å². The first-order valence-corrected chi connectivity index (χ1v) is 10.2. The lowest BCUT2D eigenvalue weighted by Gasteiger charge is -2.31. The highest BCUT2D eigenvalue weighted by Gasteiger charge is 2.27. The normalized spacial score (nSPS) is 19.3. The van der Waals surface area contributed by atoms with Gasteiger partial charge in [-0.2, -0.15) is 0 Å². The van der Waals surface area contributed by atoms with Gasteiger partial charge >= 0.3 is 0 Å². The molecular weight excluding hydrogens is 338 g/mol. The summed E-state index contributed by atoms with van der Waals surface area (Å²) in [5.41, 5.74) is 5.55. The maximum atomic E-state index is 12.6. The van der Waals surface area contributed by atoms with Crippen LogP contribution in [0.25, 0.3) is 10.9 Å². The molecule has 1 atom stereocenters. The number of rotatable bonds is 4. The number of benzene rings is 1. The standard InChI is InChI=1S/C22H29N3O2/c1-15-19(20-9-3-6-17-7-5-13-25(15)21(17)20)10-11-23-22(27)18-8-4-12-24(14-18)16(2)26/h3,6,9,18H,4-5,7-8,10-14H2,1-2H3,(H,23,27)/t18-/m0/s1. The van der Waals surface area contributed by atoms with E-state index in [0.29, 0.717) is 13.1 Å². The maximum absolute atomic E-state index is 12.6. The topological polar surface area (TPSA) is 54.3 Å². The molecule has 1 saturated heterocycles. The molecule has 3 heterocycles. The highest BCUT2D eigenvalue weighted by Crippen LogP contribution is 2.32. The average Bonchev–Trinajstić information content (AvgIpc) is 2.96. The fraction of sp³-hybridized carbons (Fsp3) is 0.545. The van der Waals surface area contributed by atoms with Gasteiger partial charge in [-0.05, 0) is 50.2 Å². The fourth-order valence-corrected chi connectivity index (χ4v) is 4.84. The van der Waals surface area contributed by atoms with Crippen LogP contribution in [-0.2, 0) is 29.0 Å². The Bertz CT molecular complexity index is 883. The summed E-state index contributed by atoms with van der Waals surface area (Å²) in [4.78, 5) is 26.0. The number of piperidine rings is 1. The molecule has 0 unspecified atom stereocenters. The molecule has 27 heavy (non-hydrogen) atoms. The van der Waals surface area contributed by atoms with Gasteiger partial charge in [0.05, 0.1) is 11.4 Å². The number of hydrogen-bond acceptors (Lipinski definition) is 2. The third kappa shape index (κ3) is 3.35. The highest BCUT2D eigenvalue weighted by atomic mass is 16.2. The Morgan fingerprint density at radius 2 is 2.07 bits per heavy atom. The summed E-state index contributed by atoms with van der Waals surface area (Å²) in [6.07, 6.45) is 5.00. The van der Waals surface area contributed by atoms with E-state index in [0.717, 1.165) is 38.8 Å². The molecule has 2 aliphatic heterocycles. The Morgan fingerprint density at radius 3 is 2.89 bits per heavy atom. The largest absolute Gasteiger partial charge is 0.355 e. The van der Waals surface area contributed by atoms with E-state index in [1.165, 1.54) is 34.1 Å². The van der Waals surface area contributed by atoms with Crippen LogP contribution >= 0.6 is 0 Å². The number of aryl methyl sites for hydroxylation is 2. The van der Waals surface area contributed by atoms with Crippen molar-refractivity contribution in [1.29, 1.82) is 0 Å². The van der Waals surface area contributed by atoms with Gasteiger partial charge in [0.1, 0.15) is 0 Å². The number of aromatic nitrogens is 1. The summed E-state index contributed by atoms with van der Waals surface area (Å²) in [7, 11) is 0. The molecule has 0 spiro atoms. The van der Waals surface area contributed by atoms with Crippen molar-refractivity contribution in [3.63, 3.8) is 0 Å². The maximum Gasteiger partial charge on any atom is 0.224 e. The van der Waals surface area contributed by atoms with E-state index < -0.39 is 0 Å². The Kier molecular flexibility index (Phi) is 4.94. The third-order valence-corrected chi connectivity index (χ3v) is 6.30. The molecule has 144 valence electrons. The molecule has 0 radical (unpaired) electrons. The molecular formula is C22H29N3O2. The number of likely N-dealkylation sites (tertiary alicyclic amines) is 1. The van der Waals surface area contributed by atoms with Crippen molar-refractivity contribution in [3.05, 3.63) is 35.0 Å². The van der Waals surface area contributed by atoms with Gasteiger partial charge in [0.25, 0.3) is 0 Å². The van der Waals surface area contributed by atoms with Gasteiger partial charge < -0.3 is 14.8 Å². The number of amides is 2. The second-order valence-corrected chi connectivity index (χ2v) is 7.98. The van der Waals surface area contributed by atoms with Gasteiger partial charge in [-0.15, -0.1) is 0 Å². The van der Waals surface area contributed by atoms with Crippen molar-refractivity contribution in [2.75, 3.05) is 19.6 Å². The summed E-state index contributed by atoms with van der Waals surface area (Å²) < 4.78 is 2.46. The van der Waals surface area contributed by atoms with Crippen molar-refractivity contribution < 1.29 is 9.59 Å². The minimum absolute atomic E-state index is 0.0669. The fourth-order valence-electron chi connectivity index (χ4n) is 4.84. The van der Waals surface area contributed by atoms with E-state index >= 15 is 0 Å². The quantitative estimate of drug-likeness (QED) is 0.903. The van der Waals surface area contributed by atoms with E-state index in [2.05, 4.69) is 35.0 Å². The van der Waals surface area contributed by atoms with Crippen LogP contribution in [0, 0.1) is 12.8 Å². The zero-order valence-electron chi connectivity index (χ0n) is 16.4. The van der Waals surface area contributed by atoms with Crippen LogP contribution in [0.5, 0.6) is 0 Å². The third-order valence-electron chi connectivity index (χ3n) is 6.30. The van der Waals surface area contributed by atoms with Crippen molar-refractivity contribution in [1.82, 2.24) is 14.8 Å². The number of para-hydroxylation sites is 1. The Morgan fingerprint density at radius 1 is 1.22 bits per heavy atom. The summed E-state index contributed by atoms with van der Waals surface area (Å²) in [5, 5.41) is 4.47. The van der Waals surface area contributed by atoms with E-state index in [1.54, 1.807) is 11.8 Å². The average molecular weight is 367 g/mol. The predicted molar refractivity (Wildman–Crippen MR) is 107 cm³/mol. The molecule has 2 aromatic rings. The van der Waals surface area contributed by atoms with Gasteiger partial charge in [0.15, 0.2) is 0 Å². The second kappa shape index (κ2) is 7.37. The molecule has 2 amide bonds. The van der Waals surface area contributed by atoms with E-state index in [-0.39, 0.29) is 17.7 Å². The van der Waals surface area contributed by atoms with Gasteiger partial charge in [-0.25, -0.2) is 0 Å². The smallest absolute Gasteiger partial charge is 0.224 e. The monoisotopic (exact) mass is 367 g/mol. The van der Waals surface area contributed by atoms with E-state index in [4.69, 9.17) is 0 Å². The van der Waals surface area contributed by atoms with E-state index in [1.807, 2.05) is 0 Å². The van der Waals surface area contributed by atoms with Crippen LogP contribution in [0.1, 0.15) is 43.0 Å². The zero-order valence-corrected chi connectivity index (χ0v) is 16.4. The first-order chi connectivity index (χ1) is 13.1. The molecule has 0 bridgehead atoms. The summed E-state index contributed by atoms with van der Waals surface area (Å²) in [5.74, 6) is 0.0865. The van der Waals surface area contributed by atoms with Gasteiger partial charge in [0, 0.05) is 44.2 Å². The van der Waals surface area contributed by atoms with Crippen LogP contribution in [0.15, 0.2) is 18.2 Å². The number of nitrogens with one attached hydrogen (secondary N) is 1. The number of hydrogen-bond donors (Lipinski definition) is 1. The number of nitrogens with zero attached hydrogens (tertiary/aromatic N) is 2. The summed E-state index contributed by atoms with van der Waals surface area (Å²) in [6, 6.07) is 6.62. The Labute approximate surface area is 160 Å². The van der Waals surface area contributed by atoms with Crippen LogP contribution in [0.4, 0.5) is 0 Å². The first kappa shape index (κ1) is 18.1. The Hall–Kier alpha value is -2.30. The first-order valence-electron chi connectivity index (χ1n) is 10.2. The SMILES string of the molecule is CC(=O)N1CCC[C@H](C(=O)NCCc2c(C)n3c4c(cccc24)CCC3)C1. The van der Waals surface area contributed by atoms with Gasteiger partial charge in [-0.1, -0.05) is 18.2 Å². The van der Waals surface area contributed by atoms with E-state index in [9.17, 15) is 9.59 Å². The molecule has 1 aromatic carbocycles. The minimum Gasteiger partial charge on any atom is -0.355 e. The lowest BCUT2D eigenvalue weighted by Crippen LogP contribution is -2.45. The lowest BCUT2D eigenvalue weighted by atomic mass is 9.97. The molecule has 1 N–H and O–H groups in total. The molecule has 0 aliphatic carbocycles. The van der Waals surface area contributed by atoms with Crippen LogP contribution in [-0.4, -0.2) is 40.9 Å². The highest BCUT2D eigenvalue weighted by molar-refractivity contribution is 5.89. The summed E-state index contributed by atoms with van der Waals surface area (Å²) in [6.45, 7) is 6.87. The van der Waals surface area contributed by atoms with Crippen molar-refractivity contribution in [3.8, 4) is 0 Å². The Balaban J connectivity index is 1.43. The van der Waals surface area contributed by atoms with Crippen molar-refractivity contribution in [2.24, 2.45) is 5.92 Å². The molecule has 2 aliphatic rings. The molecule has 1 fully saturated rings. The van der Waals surface area contributed by atoms with Gasteiger partial charge in [0.2, 0.25) is 11.8 Å². The molecule has 5 nitrogen and oxygen atoms in total. The van der Waals surface area contributed by atoms with Crippen molar-refractivity contribution in [2.45, 2.75) is 52.5 Å². The molecule has 4 rings (SSSR count). The van der Waals surface area contributed by atoms with Gasteiger partial charge in [-0.3, -0.25) is 9.59 Å². The van der Waals surface area contributed by atoms with Crippen LogP contribution in [0.2, 0.25) is 0 Å². The number of carbonyl (C=O) groups is 2. The van der Waals surface area contributed by atoms with Crippen molar-refractivity contribution >= 4 is 22.7 Å². The molecule has 5 heteroatoms. The predicted octanol–water partition coefficient (Wildman–Crippen LogP) is 2.81. The minimum atomic E-state index is -0.0706. The van der Waals surface area contributed by atoms with Crippen LogP contribution < -0.4 is 5.32 Å². The molecule has 0 saturated carbocycles. The summed E-state index contributed by atoms with van der Waals surface area (Å²) >= 11 is 0. The second-order valence-electron chi connectivity index (χ2n) is 7.98.